The van der Waals surface area contributed by atoms with Gasteiger partial charge in [-0.1, -0.05) is 6.92 Å². The van der Waals surface area contributed by atoms with Crippen LogP contribution in [0.2, 0.25) is 0 Å². The number of nitrogens with one attached hydrogen (secondary N) is 1. The first-order chi connectivity index (χ1) is 6.35. The summed E-state index contributed by atoms with van der Waals surface area (Å²) in [5, 5.41) is 12.1. The summed E-state index contributed by atoms with van der Waals surface area (Å²) >= 11 is 0. The number of anilines is 1. The average molecular weight is 172 g/mol. The molecule has 0 unspecified atom stereocenters. The molecule has 0 spiro atoms. The average Bonchev–Trinajstić information content (AvgIpc) is 2.59. The lowest BCUT2D eigenvalue weighted by molar-refractivity contribution is 0.727. The molecule has 0 aliphatic carbocycles. The van der Waals surface area contributed by atoms with E-state index in [0.29, 0.717) is 5.92 Å². The Morgan fingerprint density at radius 1 is 1.62 bits per heavy atom. The molecule has 1 aromatic carbocycles. The second kappa shape index (κ2) is 3.10. The summed E-state index contributed by atoms with van der Waals surface area (Å²) in [6.45, 7) is 3.20. The topological polar surface area (TPSA) is 35.8 Å². The van der Waals surface area contributed by atoms with Crippen molar-refractivity contribution in [2.24, 2.45) is 0 Å². The van der Waals surface area contributed by atoms with Crippen LogP contribution in [0.5, 0.6) is 0 Å². The molecule has 0 saturated heterocycles. The Hall–Kier alpha value is -1.49. The van der Waals surface area contributed by atoms with Gasteiger partial charge < -0.3 is 5.32 Å². The van der Waals surface area contributed by atoms with E-state index in [1.807, 2.05) is 18.2 Å². The van der Waals surface area contributed by atoms with Crippen LogP contribution in [0, 0.1) is 11.3 Å². The zero-order valence-corrected chi connectivity index (χ0v) is 7.67. The minimum Gasteiger partial charge on any atom is -0.384 e. The van der Waals surface area contributed by atoms with Crippen LogP contribution in [-0.4, -0.2) is 6.54 Å². The van der Waals surface area contributed by atoms with Crippen LogP contribution in [-0.2, 0) is 0 Å². The highest BCUT2D eigenvalue weighted by Gasteiger charge is 2.20. The minimum absolute atomic E-state index is 0.586. The first-order valence-electron chi connectivity index (χ1n) is 4.63. The fourth-order valence-electron chi connectivity index (χ4n) is 1.84. The molecular weight excluding hydrogens is 160 g/mol. The van der Waals surface area contributed by atoms with Gasteiger partial charge in [-0.3, -0.25) is 0 Å². The van der Waals surface area contributed by atoms with Gasteiger partial charge >= 0.3 is 0 Å². The fourth-order valence-corrected chi connectivity index (χ4v) is 1.84. The standard InChI is InChI=1S/C11H12N2/c1-2-9-7-13-11-4-3-8(6-12)5-10(9)11/h3-5,9,13H,2,7H2,1H3/t9-/m1/s1. The lowest BCUT2D eigenvalue weighted by Crippen LogP contribution is -1.99. The van der Waals surface area contributed by atoms with Crippen LogP contribution in [0.3, 0.4) is 0 Å². The molecule has 0 saturated carbocycles. The predicted octanol–water partition coefficient (Wildman–Crippen LogP) is 2.48. The SMILES string of the molecule is CC[C@@H]1CNc2ccc(C#N)cc21. The number of nitriles is 1. The van der Waals surface area contributed by atoms with Crippen LogP contribution in [0.4, 0.5) is 5.69 Å². The molecule has 1 N–H and O–H groups in total. The van der Waals surface area contributed by atoms with Crippen LogP contribution < -0.4 is 5.32 Å². The Morgan fingerprint density at radius 2 is 2.46 bits per heavy atom. The highest BCUT2D eigenvalue weighted by Crippen LogP contribution is 2.33. The molecule has 2 heteroatoms. The van der Waals surface area contributed by atoms with E-state index in [2.05, 4.69) is 18.3 Å². The lowest BCUT2D eigenvalue weighted by Gasteiger charge is -2.05. The largest absolute Gasteiger partial charge is 0.384 e. The van der Waals surface area contributed by atoms with Crippen LogP contribution in [0.15, 0.2) is 18.2 Å². The normalized spacial score (nSPS) is 18.9. The van der Waals surface area contributed by atoms with Crippen molar-refractivity contribution in [3.63, 3.8) is 0 Å². The molecular formula is C11H12N2. The van der Waals surface area contributed by atoms with E-state index in [1.54, 1.807) is 0 Å². The Balaban J connectivity index is 2.44. The molecule has 1 aliphatic rings. The van der Waals surface area contributed by atoms with Crippen molar-refractivity contribution in [3.05, 3.63) is 29.3 Å². The maximum atomic E-state index is 8.76. The van der Waals surface area contributed by atoms with Crippen molar-refractivity contribution in [1.82, 2.24) is 0 Å². The summed E-state index contributed by atoms with van der Waals surface area (Å²) in [5.74, 6) is 0.586. The van der Waals surface area contributed by atoms with Gasteiger partial charge in [0.05, 0.1) is 11.6 Å². The number of nitrogens with zero attached hydrogens (tertiary/aromatic N) is 1. The van der Waals surface area contributed by atoms with Gasteiger partial charge in [-0.15, -0.1) is 0 Å². The smallest absolute Gasteiger partial charge is 0.0991 e. The highest BCUT2D eigenvalue weighted by molar-refractivity contribution is 5.60. The number of benzene rings is 1. The van der Waals surface area contributed by atoms with E-state index in [4.69, 9.17) is 5.26 Å². The summed E-state index contributed by atoms with van der Waals surface area (Å²) < 4.78 is 0. The lowest BCUT2D eigenvalue weighted by atomic mass is 9.97. The predicted molar refractivity (Wildman–Crippen MR) is 52.7 cm³/mol. The molecule has 0 bridgehead atoms. The Bertz CT molecular complexity index is 363. The number of hydrogen-bond donors (Lipinski definition) is 1. The summed E-state index contributed by atoms with van der Waals surface area (Å²) in [4.78, 5) is 0. The second-order valence-electron chi connectivity index (χ2n) is 3.40. The van der Waals surface area contributed by atoms with Crippen molar-refractivity contribution >= 4 is 5.69 Å². The molecule has 2 rings (SSSR count). The summed E-state index contributed by atoms with van der Waals surface area (Å²) in [6, 6.07) is 8.05. The van der Waals surface area contributed by atoms with Crippen molar-refractivity contribution < 1.29 is 0 Å². The minimum atomic E-state index is 0.586. The maximum Gasteiger partial charge on any atom is 0.0991 e. The molecule has 13 heavy (non-hydrogen) atoms. The van der Waals surface area contributed by atoms with Gasteiger partial charge in [0.1, 0.15) is 0 Å². The Kier molecular flexibility index (Phi) is 1.94. The molecule has 2 nitrogen and oxygen atoms in total. The molecule has 1 atom stereocenters. The third kappa shape index (κ3) is 1.27. The van der Waals surface area contributed by atoms with Gasteiger partial charge in [0.25, 0.3) is 0 Å². The van der Waals surface area contributed by atoms with Gasteiger partial charge in [0, 0.05) is 18.2 Å². The molecule has 66 valence electrons. The third-order valence-electron chi connectivity index (χ3n) is 2.65. The van der Waals surface area contributed by atoms with E-state index in [1.165, 1.54) is 11.3 Å². The highest BCUT2D eigenvalue weighted by atomic mass is 14.9. The van der Waals surface area contributed by atoms with Crippen LogP contribution in [0.1, 0.15) is 30.4 Å². The van der Waals surface area contributed by atoms with Gasteiger partial charge in [-0.2, -0.15) is 5.26 Å². The molecule has 0 aromatic heterocycles. The summed E-state index contributed by atoms with van der Waals surface area (Å²) in [6.07, 6.45) is 1.13. The molecule has 1 aromatic rings. The fraction of sp³-hybridized carbons (Fsp3) is 0.364. The van der Waals surface area contributed by atoms with Crippen molar-refractivity contribution in [2.45, 2.75) is 19.3 Å². The van der Waals surface area contributed by atoms with E-state index >= 15 is 0 Å². The molecule has 0 fully saturated rings. The van der Waals surface area contributed by atoms with Crippen LogP contribution in [0.25, 0.3) is 0 Å². The summed E-state index contributed by atoms with van der Waals surface area (Å²) in [7, 11) is 0. The first-order valence-corrected chi connectivity index (χ1v) is 4.63. The Labute approximate surface area is 78.2 Å². The van der Waals surface area contributed by atoms with Gasteiger partial charge in [0.2, 0.25) is 0 Å². The van der Waals surface area contributed by atoms with Gasteiger partial charge in [-0.25, -0.2) is 0 Å². The first kappa shape index (κ1) is 8.12. The zero-order chi connectivity index (χ0) is 9.26. The summed E-state index contributed by atoms with van der Waals surface area (Å²) in [5.41, 5.74) is 3.27. The van der Waals surface area contributed by atoms with Crippen LogP contribution >= 0.6 is 0 Å². The monoisotopic (exact) mass is 172 g/mol. The van der Waals surface area contributed by atoms with Gasteiger partial charge in [0.15, 0.2) is 0 Å². The van der Waals surface area contributed by atoms with E-state index in [9.17, 15) is 0 Å². The molecule has 1 aliphatic heterocycles. The van der Waals surface area contributed by atoms with Crippen molar-refractivity contribution in [2.75, 3.05) is 11.9 Å². The van der Waals surface area contributed by atoms with E-state index < -0.39 is 0 Å². The number of rotatable bonds is 1. The van der Waals surface area contributed by atoms with E-state index in [-0.39, 0.29) is 0 Å². The second-order valence-corrected chi connectivity index (χ2v) is 3.40. The third-order valence-corrected chi connectivity index (χ3v) is 2.65. The Morgan fingerprint density at radius 3 is 3.15 bits per heavy atom. The maximum absolute atomic E-state index is 8.76. The van der Waals surface area contributed by atoms with Gasteiger partial charge in [-0.05, 0) is 30.2 Å². The van der Waals surface area contributed by atoms with Crippen molar-refractivity contribution in [3.8, 4) is 6.07 Å². The number of hydrogen-bond acceptors (Lipinski definition) is 2. The van der Waals surface area contributed by atoms with Crippen molar-refractivity contribution in [1.29, 1.82) is 5.26 Å². The zero-order valence-electron chi connectivity index (χ0n) is 7.67. The quantitative estimate of drug-likeness (QED) is 0.706. The molecule has 1 heterocycles. The van der Waals surface area contributed by atoms with E-state index in [0.717, 1.165) is 18.5 Å². The molecule has 0 amide bonds. The molecule has 0 radical (unpaired) electrons. The number of fused-ring (bicyclic) bond motifs is 1.